The van der Waals surface area contributed by atoms with Gasteiger partial charge in [-0.3, -0.25) is 14.4 Å². The Balaban J connectivity index is 1.49. The molecule has 8 nitrogen and oxygen atoms in total. The SMILES string of the molecule is CCn1c(=O)c(=O)[nH]c2cc(C(=O)NCc3ccnc(N4CCCCCC4)c3)ccc21. The number of pyridine rings is 1. The van der Waals surface area contributed by atoms with Gasteiger partial charge in [-0.1, -0.05) is 12.8 Å². The first-order valence-corrected chi connectivity index (χ1v) is 10.8. The molecule has 0 radical (unpaired) electrons. The van der Waals surface area contributed by atoms with E-state index in [0.717, 1.165) is 24.5 Å². The van der Waals surface area contributed by atoms with Crippen molar-refractivity contribution in [3.63, 3.8) is 0 Å². The lowest BCUT2D eigenvalue weighted by Crippen LogP contribution is -2.36. The van der Waals surface area contributed by atoms with Crippen molar-refractivity contribution < 1.29 is 4.79 Å². The lowest BCUT2D eigenvalue weighted by atomic mass is 10.1. The van der Waals surface area contributed by atoms with Crippen molar-refractivity contribution in [1.29, 1.82) is 0 Å². The quantitative estimate of drug-likeness (QED) is 0.617. The van der Waals surface area contributed by atoms with Gasteiger partial charge in [-0.15, -0.1) is 0 Å². The van der Waals surface area contributed by atoms with Gasteiger partial charge in [0, 0.05) is 37.9 Å². The summed E-state index contributed by atoms with van der Waals surface area (Å²) in [6.45, 7) is 4.59. The van der Waals surface area contributed by atoms with Gasteiger partial charge in [-0.05, 0) is 55.7 Å². The van der Waals surface area contributed by atoms with Crippen LogP contribution >= 0.6 is 0 Å². The molecule has 1 aliphatic heterocycles. The average Bonchev–Trinajstić information content (AvgIpc) is 3.08. The second-order valence-corrected chi connectivity index (χ2v) is 7.84. The van der Waals surface area contributed by atoms with Crippen LogP contribution in [0.3, 0.4) is 0 Å². The van der Waals surface area contributed by atoms with Gasteiger partial charge >= 0.3 is 11.1 Å². The number of aryl methyl sites for hydroxylation is 1. The number of benzene rings is 1. The fourth-order valence-corrected chi connectivity index (χ4v) is 4.06. The van der Waals surface area contributed by atoms with Gasteiger partial charge in [0.2, 0.25) is 0 Å². The normalized spacial score (nSPS) is 14.4. The predicted molar refractivity (Wildman–Crippen MR) is 121 cm³/mol. The highest BCUT2D eigenvalue weighted by molar-refractivity contribution is 5.97. The molecule has 1 saturated heterocycles. The van der Waals surface area contributed by atoms with Crippen LogP contribution in [0.4, 0.5) is 5.82 Å². The minimum Gasteiger partial charge on any atom is -0.357 e. The molecule has 2 aromatic heterocycles. The number of aromatic nitrogens is 3. The van der Waals surface area contributed by atoms with Crippen LogP contribution in [0.2, 0.25) is 0 Å². The van der Waals surface area contributed by atoms with E-state index < -0.39 is 11.1 Å². The zero-order valence-corrected chi connectivity index (χ0v) is 17.7. The predicted octanol–water partition coefficient (Wildman–Crippen LogP) is 2.42. The maximum absolute atomic E-state index is 12.7. The van der Waals surface area contributed by atoms with Crippen LogP contribution in [0.25, 0.3) is 11.0 Å². The number of hydrogen-bond donors (Lipinski definition) is 2. The summed E-state index contributed by atoms with van der Waals surface area (Å²) >= 11 is 0. The van der Waals surface area contributed by atoms with Gasteiger partial charge < -0.3 is 19.8 Å². The van der Waals surface area contributed by atoms with Gasteiger partial charge in [0.05, 0.1) is 11.0 Å². The zero-order chi connectivity index (χ0) is 21.8. The summed E-state index contributed by atoms with van der Waals surface area (Å²) in [5, 5.41) is 2.93. The first-order chi connectivity index (χ1) is 15.1. The molecule has 0 bridgehead atoms. The molecule has 1 aliphatic rings. The molecule has 0 atom stereocenters. The molecule has 1 amide bonds. The highest BCUT2D eigenvalue weighted by atomic mass is 16.2. The van der Waals surface area contributed by atoms with Crippen LogP contribution in [0.1, 0.15) is 48.5 Å². The molecule has 31 heavy (non-hydrogen) atoms. The maximum Gasteiger partial charge on any atom is 0.316 e. The first-order valence-electron chi connectivity index (χ1n) is 10.8. The van der Waals surface area contributed by atoms with Gasteiger partial charge in [0.1, 0.15) is 5.82 Å². The average molecular weight is 422 g/mol. The Morgan fingerprint density at radius 3 is 2.61 bits per heavy atom. The summed E-state index contributed by atoms with van der Waals surface area (Å²) in [7, 11) is 0. The van der Waals surface area contributed by atoms with E-state index >= 15 is 0 Å². The number of carbonyl (C=O) groups is 1. The van der Waals surface area contributed by atoms with Crippen molar-refractivity contribution in [3.8, 4) is 0 Å². The van der Waals surface area contributed by atoms with E-state index in [2.05, 4.69) is 20.2 Å². The minimum atomic E-state index is -0.690. The van der Waals surface area contributed by atoms with E-state index in [0.29, 0.717) is 29.7 Å². The monoisotopic (exact) mass is 421 g/mol. The van der Waals surface area contributed by atoms with E-state index in [1.54, 1.807) is 31.3 Å². The molecule has 3 heterocycles. The summed E-state index contributed by atoms with van der Waals surface area (Å²) in [5.41, 5.74) is 1.18. The van der Waals surface area contributed by atoms with Gasteiger partial charge in [-0.25, -0.2) is 4.98 Å². The van der Waals surface area contributed by atoms with E-state index in [1.165, 1.54) is 30.3 Å². The standard InChI is InChI=1S/C23H27N5O3/c1-2-28-19-8-7-17(14-18(19)26-22(30)23(28)31)21(29)25-15-16-9-10-24-20(13-16)27-11-5-3-4-6-12-27/h7-10,13-14H,2-6,11-12,15H2,1H3,(H,25,29)(H,26,30). The number of hydrogen-bond acceptors (Lipinski definition) is 5. The van der Waals surface area contributed by atoms with Crippen molar-refractivity contribution >= 4 is 22.8 Å². The minimum absolute atomic E-state index is 0.245. The molecule has 4 rings (SSSR count). The number of aromatic amines is 1. The van der Waals surface area contributed by atoms with E-state index in [9.17, 15) is 14.4 Å². The van der Waals surface area contributed by atoms with E-state index in [1.807, 2.05) is 12.1 Å². The lowest BCUT2D eigenvalue weighted by molar-refractivity contribution is 0.0951. The molecule has 2 N–H and O–H groups in total. The number of nitrogens with one attached hydrogen (secondary N) is 2. The van der Waals surface area contributed by atoms with Gasteiger partial charge in [0.15, 0.2) is 0 Å². The topological polar surface area (TPSA) is 100 Å². The zero-order valence-electron chi connectivity index (χ0n) is 17.7. The molecule has 1 fully saturated rings. The number of carbonyl (C=O) groups excluding carboxylic acids is 1. The smallest absolute Gasteiger partial charge is 0.316 e. The Bertz CT molecular complexity index is 1210. The van der Waals surface area contributed by atoms with Crippen LogP contribution in [0.5, 0.6) is 0 Å². The Morgan fingerprint density at radius 2 is 1.87 bits per heavy atom. The molecule has 0 spiro atoms. The molecule has 0 unspecified atom stereocenters. The third-order valence-corrected chi connectivity index (χ3v) is 5.75. The van der Waals surface area contributed by atoms with Gasteiger partial charge in [0.25, 0.3) is 5.91 Å². The Labute approximate surface area is 179 Å². The summed E-state index contributed by atoms with van der Waals surface area (Å²) in [5.74, 6) is 0.708. The molecular weight excluding hydrogens is 394 g/mol. The fourth-order valence-electron chi connectivity index (χ4n) is 4.06. The van der Waals surface area contributed by atoms with E-state index in [4.69, 9.17) is 0 Å². The van der Waals surface area contributed by atoms with Crippen molar-refractivity contribution in [2.45, 2.75) is 45.7 Å². The number of anilines is 1. The van der Waals surface area contributed by atoms with Crippen molar-refractivity contribution in [2.75, 3.05) is 18.0 Å². The third-order valence-electron chi connectivity index (χ3n) is 5.75. The maximum atomic E-state index is 12.7. The third kappa shape index (κ3) is 4.52. The highest BCUT2D eigenvalue weighted by Crippen LogP contribution is 2.18. The van der Waals surface area contributed by atoms with Crippen molar-refractivity contribution in [1.82, 2.24) is 19.9 Å². The fraction of sp³-hybridized carbons (Fsp3) is 0.391. The van der Waals surface area contributed by atoms with Crippen molar-refractivity contribution in [2.24, 2.45) is 0 Å². The molecule has 162 valence electrons. The van der Waals surface area contributed by atoms with Crippen LogP contribution in [0.15, 0.2) is 46.1 Å². The first kappa shape index (κ1) is 20.8. The molecule has 0 aliphatic carbocycles. The molecular formula is C23H27N5O3. The van der Waals surface area contributed by atoms with Crippen LogP contribution in [0, 0.1) is 0 Å². The van der Waals surface area contributed by atoms with E-state index in [-0.39, 0.29) is 5.91 Å². The Hall–Kier alpha value is -3.42. The number of amides is 1. The van der Waals surface area contributed by atoms with Crippen molar-refractivity contribution in [3.05, 3.63) is 68.4 Å². The molecule has 1 aromatic carbocycles. The summed E-state index contributed by atoms with van der Waals surface area (Å²) in [6.07, 6.45) is 6.67. The summed E-state index contributed by atoms with van der Waals surface area (Å²) in [6, 6.07) is 8.89. The molecule has 0 saturated carbocycles. The Kier molecular flexibility index (Phi) is 6.16. The Morgan fingerprint density at radius 1 is 1.10 bits per heavy atom. The second-order valence-electron chi connectivity index (χ2n) is 7.84. The van der Waals surface area contributed by atoms with Crippen LogP contribution in [-0.2, 0) is 13.1 Å². The number of fused-ring (bicyclic) bond motifs is 1. The largest absolute Gasteiger partial charge is 0.357 e. The number of H-pyrrole nitrogens is 1. The number of nitrogens with zero attached hydrogens (tertiary/aromatic N) is 3. The van der Waals surface area contributed by atoms with Crippen LogP contribution in [-0.4, -0.2) is 33.5 Å². The van der Waals surface area contributed by atoms with Crippen LogP contribution < -0.4 is 21.3 Å². The molecule has 8 heteroatoms. The summed E-state index contributed by atoms with van der Waals surface area (Å²) in [4.78, 5) is 46.0. The lowest BCUT2D eigenvalue weighted by Gasteiger charge is -2.21. The van der Waals surface area contributed by atoms with Gasteiger partial charge in [-0.2, -0.15) is 0 Å². The second kappa shape index (κ2) is 9.16. The molecule has 3 aromatic rings. The highest BCUT2D eigenvalue weighted by Gasteiger charge is 2.13. The summed E-state index contributed by atoms with van der Waals surface area (Å²) < 4.78 is 1.40. The number of rotatable bonds is 5.